The number of carbonyl (C=O) groups excluding carboxylic acids is 2. The zero-order chi connectivity index (χ0) is 21.3. The molecule has 1 aliphatic carbocycles. The average molecular weight is 410 g/mol. The number of hydrogen-bond donors (Lipinski definition) is 2. The van der Waals surface area contributed by atoms with Gasteiger partial charge in [-0.05, 0) is 12.6 Å². The third kappa shape index (κ3) is 3.96. The van der Waals surface area contributed by atoms with Crippen molar-refractivity contribution in [3.8, 4) is 11.5 Å². The van der Waals surface area contributed by atoms with E-state index in [1.807, 2.05) is 0 Å². The van der Waals surface area contributed by atoms with E-state index in [4.69, 9.17) is 4.74 Å². The number of fused-ring (bicyclic) bond motifs is 2. The fourth-order valence-electron chi connectivity index (χ4n) is 4.09. The molecule has 1 atom stereocenters. The number of aliphatic hydroxyl groups excluding tert-OH is 1. The van der Waals surface area contributed by atoms with Crippen LogP contribution in [0.15, 0.2) is 36.4 Å². The van der Waals surface area contributed by atoms with Crippen LogP contribution in [0.2, 0.25) is 0 Å². The van der Waals surface area contributed by atoms with Crippen LogP contribution in [0.1, 0.15) is 38.8 Å². The molecule has 1 heterocycles. The third-order valence-corrected chi connectivity index (χ3v) is 5.80. The normalized spacial score (nSPS) is 18.1. The molecule has 1 unspecified atom stereocenters. The van der Waals surface area contributed by atoms with E-state index in [1.54, 1.807) is 24.3 Å². The molecule has 158 valence electrons. The van der Waals surface area contributed by atoms with Gasteiger partial charge in [-0.2, -0.15) is 0 Å². The van der Waals surface area contributed by atoms with Crippen molar-refractivity contribution in [3.63, 3.8) is 0 Å². The summed E-state index contributed by atoms with van der Waals surface area (Å²) in [5.41, 5.74) is 0.731. The van der Waals surface area contributed by atoms with Crippen LogP contribution < -0.4 is 4.74 Å². The molecule has 1 fully saturated rings. The molecule has 0 bridgehead atoms. The van der Waals surface area contributed by atoms with Crippen molar-refractivity contribution in [1.29, 1.82) is 0 Å². The second kappa shape index (κ2) is 8.55. The Morgan fingerprint density at radius 2 is 1.60 bits per heavy atom. The summed E-state index contributed by atoms with van der Waals surface area (Å²) in [6.45, 7) is 7.49. The summed E-state index contributed by atoms with van der Waals surface area (Å²) in [5, 5.41) is 20.8. The molecule has 2 aromatic carbocycles. The summed E-state index contributed by atoms with van der Waals surface area (Å²) < 4.78 is 5.66. The second-order valence-electron chi connectivity index (χ2n) is 7.77. The first-order valence-corrected chi connectivity index (χ1v) is 10.3. The van der Waals surface area contributed by atoms with E-state index in [1.165, 1.54) is 12.1 Å². The quantitative estimate of drug-likeness (QED) is 0.637. The molecule has 0 aromatic heterocycles. The molecule has 7 heteroatoms. The summed E-state index contributed by atoms with van der Waals surface area (Å²) >= 11 is 0. The number of benzene rings is 2. The first kappa shape index (κ1) is 20.5. The number of carbonyl (C=O) groups is 2. The number of piperazine rings is 1. The van der Waals surface area contributed by atoms with Gasteiger partial charge in [0.1, 0.15) is 24.2 Å². The van der Waals surface area contributed by atoms with Crippen LogP contribution in [0, 0.1) is 0 Å². The number of likely N-dealkylation sites (N-methyl/N-ethyl adjacent to an activating group) is 1. The highest BCUT2D eigenvalue weighted by Crippen LogP contribution is 2.35. The first-order chi connectivity index (χ1) is 14.5. The number of ether oxygens (including phenoxy) is 1. The highest BCUT2D eigenvalue weighted by atomic mass is 16.5. The van der Waals surface area contributed by atoms with Crippen molar-refractivity contribution < 1.29 is 24.5 Å². The number of aromatic hydroxyl groups is 1. The average Bonchev–Trinajstić information content (AvgIpc) is 2.76. The lowest BCUT2D eigenvalue weighted by Gasteiger charge is -2.34. The van der Waals surface area contributed by atoms with Gasteiger partial charge in [-0.25, -0.2) is 0 Å². The largest absolute Gasteiger partial charge is 0.507 e. The van der Waals surface area contributed by atoms with Crippen LogP contribution in [0.25, 0.3) is 0 Å². The van der Waals surface area contributed by atoms with Crippen LogP contribution in [0.5, 0.6) is 11.5 Å². The smallest absolute Gasteiger partial charge is 0.198 e. The molecule has 0 spiro atoms. The van der Waals surface area contributed by atoms with Crippen molar-refractivity contribution in [1.82, 2.24) is 9.80 Å². The fourth-order valence-corrected chi connectivity index (χ4v) is 4.09. The molecule has 30 heavy (non-hydrogen) atoms. The number of hydrogen-bond acceptors (Lipinski definition) is 7. The molecule has 2 aliphatic rings. The van der Waals surface area contributed by atoms with E-state index in [-0.39, 0.29) is 46.4 Å². The minimum absolute atomic E-state index is 0.000364. The first-order valence-electron chi connectivity index (χ1n) is 10.3. The Bertz CT molecular complexity index is 966. The van der Waals surface area contributed by atoms with Crippen LogP contribution in [-0.4, -0.2) is 83.6 Å². The Kier molecular flexibility index (Phi) is 5.85. The molecular weight excluding hydrogens is 384 g/mol. The number of nitrogens with zero attached hydrogens (tertiary/aromatic N) is 2. The summed E-state index contributed by atoms with van der Waals surface area (Å²) in [7, 11) is 0. The van der Waals surface area contributed by atoms with Gasteiger partial charge in [0.05, 0.1) is 5.56 Å². The number of rotatable bonds is 6. The summed E-state index contributed by atoms with van der Waals surface area (Å²) in [4.78, 5) is 30.1. The second-order valence-corrected chi connectivity index (χ2v) is 7.77. The predicted molar refractivity (Wildman–Crippen MR) is 111 cm³/mol. The highest BCUT2D eigenvalue weighted by Gasteiger charge is 2.32. The summed E-state index contributed by atoms with van der Waals surface area (Å²) in [6.07, 6.45) is -0.700. The predicted octanol–water partition coefficient (Wildman–Crippen LogP) is 1.54. The van der Waals surface area contributed by atoms with Crippen molar-refractivity contribution >= 4 is 11.6 Å². The molecule has 4 rings (SSSR count). The van der Waals surface area contributed by atoms with Gasteiger partial charge in [0.25, 0.3) is 0 Å². The van der Waals surface area contributed by atoms with Gasteiger partial charge in [-0.3, -0.25) is 14.5 Å². The van der Waals surface area contributed by atoms with Gasteiger partial charge < -0.3 is 19.8 Å². The minimum atomic E-state index is -0.700. The molecule has 0 amide bonds. The van der Waals surface area contributed by atoms with Crippen LogP contribution >= 0.6 is 0 Å². The molecule has 1 aliphatic heterocycles. The molecule has 1 saturated heterocycles. The van der Waals surface area contributed by atoms with Gasteiger partial charge >= 0.3 is 0 Å². The fraction of sp³-hybridized carbons (Fsp3) is 0.391. The maximum Gasteiger partial charge on any atom is 0.198 e. The Balaban J connectivity index is 1.43. The van der Waals surface area contributed by atoms with Crippen molar-refractivity contribution in [2.24, 2.45) is 0 Å². The number of β-amino-alcohol motifs (C(OH)–C–C–N with tert-alkyl or cyclic N) is 1. The number of ketones is 2. The van der Waals surface area contributed by atoms with E-state index >= 15 is 0 Å². The van der Waals surface area contributed by atoms with Gasteiger partial charge in [0, 0.05) is 55.5 Å². The van der Waals surface area contributed by atoms with Crippen LogP contribution in [0.3, 0.4) is 0 Å². The zero-order valence-electron chi connectivity index (χ0n) is 17.0. The Morgan fingerprint density at radius 3 is 2.27 bits per heavy atom. The Morgan fingerprint density at radius 1 is 0.967 bits per heavy atom. The maximum absolute atomic E-state index is 12.8. The molecular formula is C23H26N2O5. The van der Waals surface area contributed by atoms with E-state index in [0.717, 1.165) is 32.7 Å². The Hall–Kier alpha value is -2.74. The van der Waals surface area contributed by atoms with Crippen LogP contribution in [-0.2, 0) is 0 Å². The van der Waals surface area contributed by atoms with Gasteiger partial charge in [0.2, 0.25) is 0 Å². The van der Waals surface area contributed by atoms with Crippen LogP contribution in [0.4, 0.5) is 0 Å². The Labute approximate surface area is 175 Å². The topological polar surface area (TPSA) is 90.3 Å². The zero-order valence-corrected chi connectivity index (χ0v) is 17.0. The molecule has 0 radical (unpaired) electrons. The monoisotopic (exact) mass is 410 g/mol. The lowest BCUT2D eigenvalue weighted by molar-refractivity contribution is 0.0470. The number of phenolic OH excluding ortho intramolecular Hbond substituents is 1. The van der Waals surface area contributed by atoms with Gasteiger partial charge in [-0.15, -0.1) is 0 Å². The van der Waals surface area contributed by atoms with E-state index in [0.29, 0.717) is 12.1 Å². The lowest BCUT2D eigenvalue weighted by Crippen LogP contribution is -2.49. The summed E-state index contributed by atoms with van der Waals surface area (Å²) in [5.74, 6) is -0.743. The van der Waals surface area contributed by atoms with Crippen molar-refractivity contribution in [2.75, 3.05) is 45.9 Å². The standard InChI is InChI=1S/C23H26N2O5/c1-2-24-7-9-25(10-8-24)13-15(26)14-30-16-11-19-21(20(27)12-16)23(29)18-6-4-3-5-17(18)22(19)28/h3-6,11-12,15,26-27H,2,7-10,13-14H2,1H3. The van der Waals surface area contributed by atoms with Crippen molar-refractivity contribution in [2.45, 2.75) is 13.0 Å². The van der Waals surface area contributed by atoms with E-state index in [2.05, 4.69) is 16.7 Å². The summed E-state index contributed by atoms with van der Waals surface area (Å²) in [6, 6.07) is 9.37. The maximum atomic E-state index is 12.8. The van der Waals surface area contributed by atoms with E-state index in [9.17, 15) is 19.8 Å². The van der Waals surface area contributed by atoms with E-state index < -0.39 is 6.10 Å². The minimum Gasteiger partial charge on any atom is -0.507 e. The molecule has 2 aromatic rings. The SMILES string of the molecule is CCN1CCN(CC(O)COc2cc(O)c3c(c2)C(=O)c2ccccc2C3=O)CC1. The van der Waals surface area contributed by atoms with Crippen molar-refractivity contribution in [3.05, 3.63) is 58.7 Å². The number of phenols is 1. The third-order valence-electron chi connectivity index (χ3n) is 5.80. The number of aliphatic hydroxyl groups is 1. The van der Waals surface area contributed by atoms with Gasteiger partial charge in [-0.1, -0.05) is 31.2 Å². The van der Waals surface area contributed by atoms with Gasteiger partial charge in [0.15, 0.2) is 11.6 Å². The molecule has 0 saturated carbocycles. The molecule has 2 N–H and O–H groups in total. The molecule has 7 nitrogen and oxygen atoms in total. The lowest BCUT2D eigenvalue weighted by atomic mass is 9.83. The highest BCUT2D eigenvalue weighted by molar-refractivity contribution is 6.29.